The fraction of sp³-hybridized carbons (Fsp3) is 0.167. The fourth-order valence-corrected chi connectivity index (χ4v) is 3.01. The van der Waals surface area contributed by atoms with Crippen LogP contribution in [0.1, 0.15) is 34.6 Å². The highest BCUT2D eigenvalue weighted by Gasteiger charge is 2.21. The van der Waals surface area contributed by atoms with E-state index < -0.39 is 23.7 Å². The molecule has 3 aromatic rings. The van der Waals surface area contributed by atoms with Gasteiger partial charge in [0.05, 0.1) is 26.5 Å². The van der Waals surface area contributed by atoms with Crippen LogP contribution in [0.2, 0.25) is 0 Å². The molecule has 0 saturated heterocycles. The molecular formula is C24H23FN2O5. The topological polar surface area (TPSA) is 89.8 Å². The highest BCUT2D eigenvalue weighted by atomic mass is 19.1. The van der Waals surface area contributed by atoms with Gasteiger partial charge in [0.15, 0.2) is 11.5 Å². The molecule has 1 aromatic heterocycles. The molecule has 0 aliphatic rings. The summed E-state index contributed by atoms with van der Waals surface area (Å²) in [5.74, 6) is -0.723. The van der Waals surface area contributed by atoms with E-state index in [9.17, 15) is 14.0 Å². The van der Waals surface area contributed by atoms with Gasteiger partial charge in [-0.05, 0) is 37.3 Å². The average molecular weight is 438 g/mol. The quantitative estimate of drug-likeness (QED) is 0.517. The summed E-state index contributed by atoms with van der Waals surface area (Å²) in [6, 6.07) is 13.7. The van der Waals surface area contributed by atoms with E-state index in [2.05, 4.69) is 10.6 Å². The first-order chi connectivity index (χ1) is 15.4. The van der Waals surface area contributed by atoms with E-state index in [1.54, 1.807) is 49.4 Å². The summed E-state index contributed by atoms with van der Waals surface area (Å²) in [4.78, 5) is 25.6. The van der Waals surface area contributed by atoms with Crippen molar-refractivity contribution in [1.29, 1.82) is 0 Å². The largest absolute Gasteiger partial charge is 0.493 e. The van der Waals surface area contributed by atoms with Gasteiger partial charge < -0.3 is 24.5 Å². The molecule has 0 bridgehead atoms. The lowest BCUT2D eigenvalue weighted by Gasteiger charge is -2.19. The minimum atomic E-state index is -0.740. The molecule has 2 amide bonds. The van der Waals surface area contributed by atoms with Crippen LogP contribution >= 0.6 is 0 Å². The van der Waals surface area contributed by atoms with Crippen LogP contribution in [-0.4, -0.2) is 26.0 Å². The molecule has 0 fully saturated rings. The van der Waals surface area contributed by atoms with E-state index in [1.165, 1.54) is 38.7 Å². The number of hydrogen-bond donors (Lipinski definition) is 2. The number of rotatable bonds is 8. The number of benzene rings is 2. The van der Waals surface area contributed by atoms with E-state index in [0.717, 1.165) is 0 Å². The third kappa shape index (κ3) is 5.34. The molecule has 2 N–H and O–H groups in total. The average Bonchev–Trinajstić information content (AvgIpc) is 3.31. The second-order valence-electron chi connectivity index (χ2n) is 6.82. The Labute approximate surface area is 184 Å². The first-order valence-corrected chi connectivity index (χ1v) is 9.76. The van der Waals surface area contributed by atoms with E-state index in [-0.39, 0.29) is 17.0 Å². The summed E-state index contributed by atoms with van der Waals surface area (Å²) < 4.78 is 30.2. The smallest absolute Gasteiger partial charge is 0.268 e. The Kier molecular flexibility index (Phi) is 7.28. The first kappa shape index (κ1) is 22.6. The van der Waals surface area contributed by atoms with Gasteiger partial charge in [-0.3, -0.25) is 9.59 Å². The number of methoxy groups -OCH3 is 2. The lowest BCUT2D eigenvalue weighted by molar-refractivity contribution is -0.118. The molecule has 1 atom stereocenters. The Morgan fingerprint density at radius 2 is 1.72 bits per heavy atom. The van der Waals surface area contributed by atoms with Gasteiger partial charge in [-0.25, -0.2) is 4.39 Å². The van der Waals surface area contributed by atoms with Crippen molar-refractivity contribution < 1.29 is 27.9 Å². The number of carbonyl (C=O) groups is 2. The van der Waals surface area contributed by atoms with Gasteiger partial charge in [-0.2, -0.15) is 0 Å². The van der Waals surface area contributed by atoms with Gasteiger partial charge in [0.25, 0.3) is 11.8 Å². The van der Waals surface area contributed by atoms with Crippen LogP contribution in [0.4, 0.5) is 4.39 Å². The molecule has 0 spiro atoms. The summed E-state index contributed by atoms with van der Waals surface area (Å²) in [6.07, 6.45) is 2.84. The van der Waals surface area contributed by atoms with Crippen LogP contribution in [0.15, 0.2) is 71.0 Å². The lowest BCUT2D eigenvalue weighted by Crippen LogP contribution is -2.36. The van der Waals surface area contributed by atoms with Gasteiger partial charge in [0.1, 0.15) is 17.3 Å². The number of ether oxygens (including phenoxy) is 2. The van der Waals surface area contributed by atoms with Gasteiger partial charge in [0.2, 0.25) is 0 Å². The normalized spacial score (nSPS) is 12.1. The number of nitrogens with one attached hydrogen (secondary N) is 2. The van der Waals surface area contributed by atoms with Crippen LogP contribution < -0.4 is 20.1 Å². The number of furan rings is 1. The minimum absolute atomic E-state index is 0.0541. The second kappa shape index (κ2) is 10.3. The number of carbonyl (C=O) groups excluding carboxylic acids is 2. The first-order valence-electron chi connectivity index (χ1n) is 9.76. The Bertz CT molecular complexity index is 1110. The predicted molar refractivity (Wildman–Crippen MR) is 117 cm³/mol. The SMILES string of the molecule is COc1cc(F)c(C(C)NC(=O)/C(=C/c2ccco2)NC(=O)c2ccccc2)cc1OC. The van der Waals surface area contributed by atoms with Crippen molar-refractivity contribution in [2.24, 2.45) is 0 Å². The van der Waals surface area contributed by atoms with Crippen molar-refractivity contribution in [3.63, 3.8) is 0 Å². The minimum Gasteiger partial charge on any atom is -0.493 e. The molecule has 0 radical (unpaired) electrons. The van der Waals surface area contributed by atoms with Crippen LogP contribution in [0.25, 0.3) is 6.08 Å². The summed E-state index contributed by atoms with van der Waals surface area (Å²) >= 11 is 0. The Morgan fingerprint density at radius 1 is 1.03 bits per heavy atom. The molecule has 166 valence electrons. The Balaban J connectivity index is 1.84. The molecular weight excluding hydrogens is 415 g/mol. The standard InChI is InChI=1S/C24H23FN2O5/c1-15(18-13-21(30-2)22(31-3)14-19(18)25)26-24(29)20(12-17-10-7-11-32-17)27-23(28)16-8-5-4-6-9-16/h4-15H,1-3H3,(H,26,29)(H,27,28)/b20-12-. The second-order valence-corrected chi connectivity index (χ2v) is 6.82. The van der Waals surface area contributed by atoms with Gasteiger partial charge in [-0.15, -0.1) is 0 Å². The van der Waals surface area contributed by atoms with Crippen molar-refractivity contribution in [1.82, 2.24) is 10.6 Å². The molecule has 2 aromatic carbocycles. The van der Waals surface area contributed by atoms with E-state index >= 15 is 0 Å². The fourth-order valence-electron chi connectivity index (χ4n) is 3.01. The molecule has 1 heterocycles. The number of hydrogen-bond acceptors (Lipinski definition) is 5. The zero-order valence-corrected chi connectivity index (χ0v) is 17.8. The lowest BCUT2D eigenvalue weighted by atomic mass is 10.1. The monoisotopic (exact) mass is 438 g/mol. The Hall–Kier alpha value is -4.07. The molecule has 7 nitrogen and oxygen atoms in total. The van der Waals surface area contributed by atoms with Crippen LogP contribution in [-0.2, 0) is 4.79 Å². The van der Waals surface area contributed by atoms with Crippen LogP contribution in [0.3, 0.4) is 0 Å². The summed E-state index contributed by atoms with van der Waals surface area (Å²) in [6.45, 7) is 1.62. The number of halogens is 1. The van der Waals surface area contributed by atoms with E-state index in [0.29, 0.717) is 17.1 Å². The molecule has 32 heavy (non-hydrogen) atoms. The number of amides is 2. The van der Waals surface area contributed by atoms with Crippen molar-refractivity contribution >= 4 is 17.9 Å². The molecule has 3 rings (SSSR count). The molecule has 0 aliphatic heterocycles. The molecule has 0 aliphatic carbocycles. The zero-order chi connectivity index (χ0) is 23.1. The van der Waals surface area contributed by atoms with E-state index in [4.69, 9.17) is 13.9 Å². The van der Waals surface area contributed by atoms with Crippen molar-refractivity contribution in [3.8, 4) is 11.5 Å². The van der Waals surface area contributed by atoms with Crippen molar-refractivity contribution in [2.45, 2.75) is 13.0 Å². The maximum Gasteiger partial charge on any atom is 0.268 e. The van der Waals surface area contributed by atoms with E-state index in [1.807, 2.05) is 0 Å². The molecule has 0 saturated carbocycles. The molecule has 1 unspecified atom stereocenters. The molecule has 8 heteroatoms. The van der Waals surface area contributed by atoms with Gasteiger partial charge in [-0.1, -0.05) is 18.2 Å². The third-order valence-electron chi connectivity index (χ3n) is 4.68. The van der Waals surface area contributed by atoms with Crippen LogP contribution in [0.5, 0.6) is 11.5 Å². The summed E-state index contributed by atoms with van der Waals surface area (Å²) in [5, 5.41) is 5.29. The highest BCUT2D eigenvalue weighted by molar-refractivity contribution is 6.05. The van der Waals surface area contributed by atoms with Crippen molar-refractivity contribution in [3.05, 3.63) is 89.3 Å². The maximum absolute atomic E-state index is 14.6. The third-order valence-corrected chi connectivity index (χ3v) is 4.68. The van der Waals surface area contributed by atoms with Gasteiger partial charge >= 0.3 is 0 Å². The predicted octanol–water partition coefficient (Wildman–Crippen LogP) is 4.08. The maximum atomic E-state index is 14.6. The van der Waals surface area contributed by atoms with Crippen molar-refractivity contribution in [2.75, 3.05) is 14.2 Å². The van der Waals surface area contributed by atoms with Gasteiger partial charge in [0, 0.05) is 23.3 Å². The zero-order valence-electron chi connectivity index (χ0n) is 17.8. The summed E-state index contributed by atoms with van der Waals surface area (Å²) in [5.41, 5.74) is 0.522. The van der Waals surface area contributed by atoms with Crippen LogP contribution in [0, 0.1) is 5.82 Å². The summed E-state index contributed by atoms with van der Waals surface area (Å²) in [7, 11) is 2.84. The highest BCUT2D eigenvalue weighted by Crippen LogP contribution is 2.32. The Morgan fingerprint density at radius 3 is 2.34 bits per heavy atom.